The molecule has 2 rings (SSSR count). The van der Waals surface area contributed by atoms with Crippen LogP contribution in [0.15, 0.2) is 24.3 Å². The summed E-state index contributed by atoms with van der Waals surface area (Å²) in [6.45, 7) is 2.14. The molecule has 1 aliphatic rings. The third-order valence-corrected chi connectivity index (χ3v) is 3.02. The first-order valence-corrected chi connectivity index (χ1v) is 6.19. The van der Waals surface area contributed by atoms with Gasteiger partial charge in [0, 0.05) is 5.92 Å². The molecule has 3 heteroatoms. The van der Waals surface area contributed by atoms with Crippen molar-refractivity contribution in [3.8, 4) is 5.75 Å². The average Bonchev–Trinajstić information content (AvgIpc) is 3.12. The highest BCUT2D eigenvalue weighted by molar-refractivity contribution is 5.73. The third-order valence-electron chi connectivity index (χ3n) is 3.02. The first kappa shape index (κ1) is 12.0. The number of aliphatic carboxylic acids is 1. The number of hydrogen-bond acceptors (Lipinski definition) is 2. The van der Waals surface area contributed by atoms with Gasteiger partial charge in [-0.2, -0.15) is 0 Å². The summed E-state index contributed by atoms with van der Waals surface area (Å²) in [5, 5.41) is 9.06. The summed E-state index contributed by atoms with van der Waals surface area (Å²) < 4.78 is 5.53. The van der Waals surface area contributed by atoms with Gasteiger partial charge < -0.3 is 9.84 Å². The third kappa shape index (κ3) is 3.22. The van der Waals surface area contributed by atoms with Gasteiger partial charge in [-0.05, 0) is 37.0 Å². The van der Waals surface area contributed by atoms with E-state index in [9.17, 15) is 4.79 Å². The molecule has 0 radical (unpaired) electrons. The van der Waals surface area contributed by atoms with Gasteiger partial charge in [-0.3, -0.25) is 0 Å². The predicted molar refractivity (Wildman–Crippen MR) is 65.2 cm³/mol. The van der Waals surface area contributed by atoms with Gasteiger partial charge in [-0.1, -0.05) is 25.5 Å². The molecule has 0 aliphatic heterocycles. The summed E-state index contributed by atoms with van der Waals surface area (Å²) in [4.78, 5) is 11.0. The second-order valence-corrected chi connectivity index (χ2v) is 4.61. The molecule has 0 spiro atoms. The topological polar surface area (TPSA) is 46.5 Å². The molecular formula is C14H18O3. The Kier molecular flexibility index (Phi) is 3.67. The zero-order valence-electron chi connectivity index (χ0n) is 10.1. The van der Waals surface area contributed by atoms with Crippen LogP contribution in [0.1, 0.15) is 31.7 Å². The first-order chi connectivity index (χ1) is 8.20. The van der Waals surface area contributed by atoms with Crippen LogP contribution < -0.4 is 4.74 Å². The Morgan fingerprint density at radius 3 is 2.53 bits per heavy atom. The molecule has 0 heterocycles. The highest BCUT2D eigenvalue weighted by Gasteiger charge is 2.38. The molecule has 1 atom stereocenters. The molecule has 0 aromatic heterocycles. The second kappa shape index (κ2) is 5.21. The van der Waals surface area contributed by atoms with Gasteiger partial charge in [0.2, 0.25) is 0 Å². The number of carboxylic acids is 1. The van der Waals surface area contributed by atoms with Crippen molar-refractivity contribution >= 4 is 5.97 Å². The van der Waals surface area contributed by atoms with E-state index in [1.165, 1.54) is 5.56 Å². The summed E-state index contributed by atoms with van der Waals surface area (Å²) in [7, 11) is 0. The van der Waals surface area contributed by atoms with E-state index >= 15 is 0 Å². The molecule has 1 fully saturated rings. The van der Waals surface area contributed by atoms with E-state index in [1.807, 2.05) is 24.3 Å². The summed E-state index contributed by atoms with van der Waals surface area (Å²) in [5.41, 5.74) is 1.26. The van der Waals surface area contributed by atoms with E-state index < -0.39 is 12.1 Å². The van der Waals surface area contributed by atoms with Crippen LogP contribution in [0.25, 0.3) is 0 Å². The van der Waals surface area contributed by atoms with Crippen molar-refractivity contribution in [1.82, 2.24) is 0 Å². The predicted octanol–water partition coefficient (Wildman–Crippen LogP) is 2.88. The maximum absolute atomic E-state index is 11.0. The lowest BCUT2D eigenvalue weighted by atomic mass is 10.1. The Bertz CT molecular complexity index is 379. The fourth-order valence-electron chi connectivity index (χ4n) is 1.92. The Morgan fingerprint density at radius 1 is 1.41 bits per heavy atom. The van der Waals surface area contributed by atoms with Crippen molar-refractivity contribution in [2.75, 3.05) is 0 Å². The molecule has 1 unspecified atom stereocenters. The maximum Gasteiger partial charge on any atom is 0.345 e. The van der Waals surface area contributed by atoms with Gasteiger partial charge in [0.25, 0.3) is 0 Å². The van der Waals surface area contributed by atoms with Gasteiger partial charge in [-0.15, -0.1) is 0 Å². The standard InChI is InChI=1S/C14H18O3/c1-2-3-10-4-8-12(9-5-10)17-13(14(15)16)11-6-7-11/h4-5,8-9,11,13H,2-3,6-7H2,1H3,(H,15,16). The molecule has 1 N–H and O–H groups in total. The van der Waals surface area contributed by atoms with Crippen LogP contribution in [0, 0.1) is 5.92 Å². The molecule has 92 valence electrons. The molecule has 0 amide bonds. The van der Waals surface area contributed by atoms with Crippen LogP contribution in [0.5, 0.6) is 5.75 Å². The minimum atomic E-state index is -0.856. The normalized spacial score (nSPS) is 16.5. The lowest BCUT2D eigenvalue weighted by molar-refractivity contribution is -0.146. The van der Waals surface area contributed by atoms with Gasteiger partial charge in [-0.25, -0.2) is 4.79 Å². The van der Waals surface area contributed by atoms with E-state index in [-0.39, 0.29) is 5.92 Å². The van der Waals surface area contributed by atoms with Crippen LogP contribution in [0.4, 0.5) is 0 Å². The number of hydrogen-bond donors (Lipinski definition) is 1. The van der Waals surface area contributed by atoms with Gasteiger partial charge in [0.1, 0.15) is 5.75 Å². The zero-order valence-corrected chi connectivity index (χ0v) is 10.1. The maximum atomic E-state index is 11.0. The molecule has 1 saturated carbocycles. The summed E-state index contributed by atoms with van der Waals surface area (Å²) in [6.07, 6.45) is 3.41. The minimum Gasteiger partial charge on any atom is -0.478 e. The lowest BCUT2D eigenvalue weighted by Gasteiger charge is -2.14. The molecule has 1 aromatic carbocycles. The van der Waals surface area contributed by atoms with Gasteiger partial charge >= 0.3 is 5.97 Å². The number of carboxylic acid groups (broad SMARTS) is 1. The fourth-order valence-corrected chi connectivity index (χ4v) is 1.92. The lowest BCUT2D eigenvalue weighted by Crippen LogP contribution is -2.29. The van der Waals surface area contributed by atoms with Crippen LogP contribution in [0.3, 0.4) is 0 Å². The van der Waals surface area contributed by atoms with Crippen molar-refractivity contribution in [1.29, 1.82) is 0 Å². The molecule has 1 aliphatic carbocycles. The van der Waals surface area contributed by atoms with Crippen molar-refractivity contribution in [2.45, 2.75) is 38.7 Å². The number of rotatable bonds is 6. The first-order valence-electron chi connectivity index (χ1n) is 6.19. The quantitative estimate of drug-likeness (QED) is 0.823. The van der Waals surface area contributed by atoms with Crippen molar-refractivity contribution < 1.29 is 14.6 Å². The van der Waals surface area contributed by atoms with E-state index in [4.69, 9.17) is 9.84 Å². The van der Waals surface area contributed by atoms with Crippen LogP contribution in [-0.2, 0) is 11.2 Å². The van der Waals surface area contributed by atoms with Crippen LogP contribution >= 0.6 is 0 Å². The largest absolute Gasteiger partial charge is 0.478 e. The molecule has 17 heavy (non-hydrogen) atoms. The van der Waals surface area contributed by atoms with Crippen molar-refractivity contribution in [3.05, 3.63) is 29.8 Å². The Balaban J connectivity index is 1.99. The number of aryl methyl sites for hydroxylation is 1. The highest BCUT2D eigenvalue weighted by Crippen LogP contribution is 2.35. The highest BCUT2D eigenvalue weighted by atomic mass is 16.5. The Hall–Kier alpha value is -1.51. The number of ether oxygens (including phenoxy) is 1. The molecule has 0 saturated heterocycles. The fraction of sp³-hybridized carbons (Fsp3) is 0.500. The molecular weight excluding hydrogens is 216 g/mol. The van der Waals surface area contributed by atoms with Crippen molar-refractivity contribution in [2.24, 2.45) is 5.92 Å². The Morgan fingerprint density at radius 2 is 2.06 bits per heavy atom. The number of benzene rings is 1. The van der Waals surface area contributed by atoms with Crippen LogP contribution in [-0.4, -0.2) is 17.2 Å². The molecule has 3 nitrogen and oxygen atoms in total. The van der Waals surface area contributed by atoms with Gasteiger partial charge in [0.05, 0.1) is 0 Å². The second-order valence-electron chi connectivity index (χ2n) is 4.61. The van der Waals surface area contributed by atoms with E-state index in [2.05, 4.69) is 6.92 Å². The summed E-state index contributed by atoms with van der Waals surface area (Å²) in [5.74, 6) is -0.00268. The SMILES string of the molecule is CCCc1ccc(OC(C(=O)O)C2CC2)cc1. The van der Waals surface area contributed by atoms with Crippen LogP contribution in [0.2, 0.25) is 0 Å². The van der Waals surface area contributed by atoms with Crippen molar-refractivity contribution in [3.63, 3.8) is 0 Å². The minimum absolute atomic E-state index is 0.197. The monoisotopic (exact) mass is 234 g/mol. The average molecular weight is 234 g/mol. The number of carbonyl (C=O) groups is 1. The smallest absolute Gasteiger partial charge is 0.345 e. The zero-order chi connectivity index (χ0) is 12.3. The van der Waals surface area contributed by atoms with Gasteiger partial charge in [0.15, 0.2) is 6.10 Å². The molecule has 1 aromatic rings. The molecule has 0 bridgehead atoms. The Labute approximate surface area is 101 Å². The summed E-state index contributed by atoms with van der Waals surface area (Å²) in [6, 6.07) is 7.74. The summed E-state index contributed by atoms with van der Waals surface area (Å²) >= 11 is 0. The van der Waals surface area contributed by atoms with E-state index in [1.54, 1.807) is 0 Å². The van der Waals surface area contributed by atoms with E-state index in [0.29, 0.717) is 5.75 Å². The van der Waals surface area contributed by atoms with E-state index in [0.717, 1.165) is 25.7 Å².